The summed E-state index contributed by atoms with van der Waals surface area (Å²) >= 11 is 3.26. The van der Waals surface area contributed by atoms with E-state index < -0.39 is 5.41 Å². The number of alkyl halides is 1. The SMILES string of the molecule is COC(=O)[C@@]1(CBr)CCCCCC1=O. The molecule has 1 saturated carbocycles. The Morgan fingerprint density at radius 3 is 2.79 bits per heavy atom. The standard InChI is InChI=1S/C10H15BrO3/c1-14-9(13)10(7-11)6-4-2-3-5-8(10)12/h2-7H2,1H3/t10-/m1/s1. The van der Waals surface area contributed by atoms with Crippen LogP contribution in [0, 0.1) is 5.41 Å². The number of ketones is 1. The van der Waals surface area contributed by atoms with Crippen molar-refractivity contribution in [3.8, 4) is 0 Å². The van der Waals surface area contributed by atoms with E-state index in [1.54, 1.807) is 0 Å². The van der Waals surface area contributed by atoms with Crippen LogP contribution in [0.2, 0.25) is 0 Å². The van der Waals surface area contributed by atoms with E-state index in [9.17, 15) is 9.59 Å². The summed E-state index contributed by atoms with van der Waals surface area (Å²) in [7, 11) is 1.34. The van der Waals surface area contributed by atoms with Gasteiger partial charge in [-0.05, 0) is 12.8 Å². The van der Waals surface area contributed by atoms with Gasteiger partial charge in [-0.15, -0.1) is 0 Å². The lowest BCUT2D eigenvalue weighted by molar-refractivity contribution is -0.156. The fourth-order valence-electron chi connectivity index (χ4n) is 1.87. The van der Waals surface area contributed by atoms with Gasteiger partial charge in [0.2, 0.25) is 0 Å². The van der Waals surface area contributed by atoms with Gasteiger partial charge in [0.05, 0.1) is 7.11 Å². The van der Waals surface area contributed by atoms with E-state index in [4.69, 9.17) is 4.74 Å². The molecule has 4 heteroatoms. The number of hydrogen-bond donors (Lipinski definition) is 0. The molecule has 0 aromatic rings. The van der Waals surface area contributed by atoms with Crippen LogP contribution in [-0.4, -0.2) is 24.2 Å². The molecule has 0 aromatic heterocycles. The number of halogens is 1. The van der Waals surface area contributed by atoms with Crippen molar-refractivity contribution in [1.29, 1.82) is 0 Å². The molecule has 0 spiro atoms. The molecule has 80 valence electrons. The number of carbonyl (C=O) groups excluding carboxylic acids is 2. The number of methoxy groups -OCH3 is 1. The van der Waals surface area contributed by atoms with Gasteiger partial charge in [0.25, 0.3) is 0 Å². The van der Waals surface area contributed by atoms with Gasteiger partial charge < -0.3 is 4.74 Å². The number of Topliss-reactive ketones (excluding diaryl/α,β-unsaturated/α-hetero) is 1. The van der Waals surface area contributed by atoms with Crippen molar-refractivity contribution >= 4 is 27.7 Å². The maximum absolute atomic E-state index is 11.8. The van der Waals surface area contributed by atoms with Gasteiger partial charge in [-0.3, -0.25) is 9.59 Å². The molecule has 0 amide bonds. The predicted molar refractivity (Wildman–Crippen MR) is 56.3 cm³/mol. The highest BCUT2D eigenvalue weighted by atomic mass is 79.9. The van der Waals surface area contributed by atoms with Crippen molar-refractivity contribution in [3.63, 3.8) is 0 Å². The summed E-state index contributed by atoms with van der Waals surface area (Å²) in [5.41, 5.74) is -0.911. The number of ether oxygens (including phenoxy) is 1. The van der Waals surface area contributed by atoms with Gasteiger partial charge in [0.1, 0.15) is 5.41 Å². The van der Waals surface area contributed by atoms with Crippen LogP contribution in [0.4, 0.5) is 0 Å². The Morgan fingerprint density at radius 1 is 1.50 bits per heavy atom. The monoisotopic (exact) mass is 262 g/mol. The van der Waals surface area contributed by atoms with Crippen molar-refractivity contribution in [2.45, 2.75) is 32.1 Å². The van der Waals surface area contributed by atoms with E-state index in [-0.39, 0.29) is 11.8 Å². The molecule has 0 radical (unpaired) electrons. The molecule has 3 nitrogen and oxygen atoms in total. The molecule has 1 aliphatic carbocycles. The smallest absolute Gasteiger partial charge is 0.320 e. The Kier molecular flexibility index (Phi) is 4.11. The number of carbonyl (C=O) groups is 2. The van der Waals surface area contributed by atoms with Gasteiger partial charge in [-0.25, -0.2) is 0 Å². The Balaban J connectivity index is 2.92. The second-order valence-corrected chi connectivity index (χ2v) is 4.25. The normalized spacial score (nSPS) is 28.3. The molecule has 0 aromatic carbocycles. The molecule has 0 N–H and O–H groups in total. The first kappa shape index (κ1) is 11.7. The van der Waals surface area contributed by atoms with Crippen molar-refractivity contribution < 1.29 is 14.3 Å². The van der Waals surface area contributed by atoms with E-state index in [2.05, 4.69) is 15.9 Å². The second-order valence-electron chi connectivity index (χ2n) is 3.69. The zero-order valence-corrected chi connectivity index (χ0v) is 9.93. The summed E-state index contributed by atoms with van der Waals surface area (Å²) in [6.45, 7) is 0. The molecule has 0 saturated heterocycles. The Labute approximate surface area is 92.3 Å². The molecule has 0 aliphatic heterocycles. The molecule has 1 atom stereocenters. The van der Waals surface area contributed by atoms with Crippen LogP contribution < -0.4 is 0 Å². The zero-order chi connectivity index (χ0) is 10.6. The zero-order valence-electron chi connectivity index (χ0n) is 8.35. The van der Waals surface area contributed by atoms with E-state index in [1.807, 2.05) is 0 Å². The van der Waals surface area contributed by atoms with Crippen LogP contribution in [0.1, 0.15) is 32.1 Å². The third-order valence-corrected chi connectivity index (χ3v) is 3.80. The first-order valence-electron chi connectivity index (χ1n) is 4.85. The van der Waals surface area contributed by atoms with Crippen molar-refractivity contribution in [2.75, 3.05) is 12.4 Å². The lowest BCUT2D eigenvalue weighted by Crippen LogP contribution is -2.41. The molecule has 1 aliphatic rings. The first-order chi connectivity index (χ1) is 6.67. The van der Waals surface area contributed by atoms with Crippen molar-refractivity contribution in [3.05, 3.63) is 0 Å². The average Bonchev–Trinajstić information content (AvgIpc) is 2.40. The minimum atomic E-state index is -0.911. The molecule has 14 heavy (non-hydrogen) atoms. The van der Waals surface area contributed by atoms with Gasteiger partial charge in [0.15, 0.2) is 5.78 Å². The highest BCUT2D eigenvalue weighted by Crippen LogP contribution is 2.35. The molecule has 0 unspecified atom stereocenters. The molecule has 1 fully saturated rings. The fourth-order valence-corrected chi connectivity index (χ4v) is 2.70. The Bertz CT molecular complexity index is 240. The largest absolute Gasteiger partial charge is 0.468 e. The van der Waals surface area contributed by atoms with Gasteiger partial charge in [0, 0.05) is 11.8 Å². The molecular formula is C10H15BrO3. The summed E-state index contributed by atoms with van der Waals surface area (Å²) in [5, 5.41) is 0.380. The maximum atomic E-state index is 11.8. The molecule has 0 bridgehead atoms. The van der Waals surface area contributed by atoms with Gasteiger partial charge >= 0.3 is 5.97 Å². The Morgan fingerprint density at radius 2 is 2.21 bits per heavy atom. The summed E-state index contributed by atoms with van der Waals surface area (Å²) < 4.78 is 4.72. The maximum Gasteiger partial charge on any atom is 0.320 e. The van der Waals surface area contributed by atoms with E-state index >= 15 is 0 Å². The lowest BCUT2D eigenvalue weighted by Gasteiger charge is -2.25. The van der Waals surface area contributed by atoms with Crippen LogP contribution in [-0.2, 0) is 14.3 Å². The molecular weight excluding hydrogens is 248 g/mol. The highest BCUT2D eigenvalue weighted by molar-refractivity contribution is 9.09. The van der Waals surface area contributed by atoms with E-state index in [0.717, 1.165) is 19.3 Å². The van der Waals surface area contributed by atoms with Crippen LogP contribution in [0.25, 0.3) is 0 Å². The van der Waals surface area contributed by atoms with Gasteiger partial charge in [-0.2, -0.15) is 0 Å². The fraction of sp³-hybridized carbons (Fsp3) is 0.800. The topological polar surface area (TPSA) is 43.4 Å². The number of rotatable bonds is 2. The van der Waals surface area contributed by atoms with Crippen molar-refractivity contribution in [2.24, 2.45) is 5.41 Å². The molecule has 0 heterocycles. The quantitative estimate of drug-likeness (QED) is 0.331. The lowest BCUT2D eigenvalue weighted by atomic mass is 9.81. The van der Waals surface area contributed by atoms with E-state index in [1.165, 1.54) is 7.11 Å². The number of esters is 1. The minimum Gasteiger partial charge on any atom is -0.468 e. The van der Waals surface area contributed by atoms with Crippen LogP contribution >= 0.6 is 15.9 Å². The summed E-state index contributed by atoms with van der Waals surface area (Å²) in [4.78, 5) is 23.4. The van der Waals surface area contributed by atoms with Gasteiger partial charge in [-0.1, -0.05) is 28.8 Å². The van der Waals surface area contributed by atoms with Crippen LogP contribution in [0.3, 0.4) is 0 Å². The Hall–Kier alpha value is -0.380. The predicted octanol–water partition coefficient (Wildman–Crippen LogP) is 2.07. The minimum absolute atomic E-state index is 0.0266. The third-order valence-electron chi connectivity index (χ3n) is 2.85. The summed E-state index contributed by atoms with van der Waals surface area (Å²) in [6, 6.07) is 0. The molecule has 1 rings (SSSR count). The summed E-state index contributed by atoms with van der Waals surface area (Å²) in [6.07, 6.45) is 3.96. The van der Waals surface area contributed by atoms with Crippen molar-refractivity contribution in [1.82, 2.24) is 0 Å². The van der Waals surface area contributed by atoms with E-state index in [0.29, 0.717) is 18.2 Å². The highest BCUT2D eigenvalue weighted by Gasteiger charge is 2.45. The van der Waals surface area contributed by atoms with Crippen LogP contribution in [0.5, 0.6) is 0 Å². The van der Waals surface area contributed by atoms with Crippen LogP contribution in [0.15, 0.2) is 0 Å². The second kappa shape index (κ2) is 4.91. The average molecular weight is 263 g/mol. The summed E-state index contributed by atoms with van der Waals surface area (Å²) in [5.74, 6) is -0.361. The first-order valence-corrected chi connectivity index (χ1v) is 5.97. The number of hydrogen-bond acceptors (Lipinski definition) is 3. The third kappa shape index (κ3) is 2.00.